The molecule has 27 heavy (non-hydrogen) atoms. The van der Waals surface area contributed by atoms with Crippen LogP contribution in [0, 0.1) is 0 Å². The Morgan fingerprint density at radius 1 is 1.11 bits per heavy atom. The number of hydrogen-bond donors (Lipinski definition) is 4. The van der Waals surface area contributed by atoms with E-state index in [1.54, 1.807) is 19.2 Å². The summed E-state index contributed by atoms with van der Waals surface area (Å²) < 4.78 is 16.3. The Morgan fingerprint density at radius 3 is 2.70 bits per heavy atom. The molecule has 1 atom stereocenters. The van der Waals surface area contributed by atoms with Gasteiger partial charge < -0.3 is 30.1 Å². The Kier molecular flexibility index (Phi) is 9.28. The predicted octanol–water partition coefficient (Wildman–Crippen LogP) is 0.359. The monoisotopic (exact) mass is 377 g/mol. The molecule has 0 aliphatic carbocycles. The molecule has 2 rings (SSSR count). The molecule has 0 saturated heterocycles. The summed E-state index contributed by atoms with van der Waals surface area (Å²) in [6, 6.07) is 11.1. The second kappa shape index (κ2) is 12.0. The van der Waals surface area contributed by atoms with Crippen molar-refractivity contribution in [3.05, 3.63) is 42.0 Å². The van der Waals surface area contributed by atoms with E-state index in [2.05, 4.69) is 20.9 Å². The van der Waals surface area contributed by atoms with Gasteiger partial charge in [-0.1, -0.05) is 18.2 Å². The second-order valence-electron chi connectivity index (χ2n) is 5.77. The summed E-state index contributed by atoms with van der Waals surface area (Å²) in [7, 11) is 1.67. The molecular formula is C18H27N5O4. The van der Waals surface area contributed by atoms with Gasteiger partial charge in [0.15, 0.2) is 5.82 Å². The molecule has 5 N–H and O–H groups in total. The molecule has 2 aromatic rings. The van der Waals surface area contributed by atoms with Gasteiger partial charge in [0.05, 0.1) is 6.61 Å². The fraction of sp³-hybridized carbons (Fsp3) is 0.444. The van der Waals surface area contributed by atoms with Gasteiger partial charge in [-0.2, -0.15) is 0 Å². The highest BCUT2D eigenvalue weighted by Gasteiger charge is 2.08. The summed E-state index contributed by atoms with van der Waals surface area (Å²) in [6.07, 6.45) is 0.138. The number of methoxy groups -OCH3 is 1. The number of nitrogens with two attached hydrogens (primary N) is 1. The quantitative estimate of drug-likeness (QED) is 0.222. The van der Waals surface area contributed by atoms with Gasteiger partial charge in [-0.05, 0) is 24.1 Å². The molecule has 0 aliphatic heterocycles. The van der Waals surface area contributed by atoms with E-state index in [0.29, 0.717) is 38.0 Å². The molecule has 0 bridgehead atoms. The first-order valence-corrected chi connectivity index (χ1v) is 8.74. The lowest BCUT2D eigenvalue weighted by atomic mass is 10.1. The number of nitrogens with zero attached hydrogens (tertiary/aromatic N) is 2. The third kappa shape index (κ3) is 7.75. The Hall–Kier alpha value is -2.46. The van der Waals surface area contributed by atoms with E-state index < -0.39 is 6.10 Å². The van der Waals surface area contributed by atoms with E-state index >= 15 is 0 Å². The van der Waals surface area contributed by atoms with Crippen molar-refractivity contribution in [3.8, 4) is 11.6 Å². The van der Waals surface area contributed by atoms with Crippen LogP contribution in [0.25, 0.3) is 0 Å². The first-order valence-electron chi connectivity index (χ1n) is 8.74. The standard InChI is InChI=1S/C18H27N5O4/c1-25-10-8-14-4-2-3-5-16(14)27-13-15(24)12-20-9-11-26-18-7-6-17(21-19)22-23-18/h2-7,15,20,24H,8-13,19H2,1H3,(H,21,22). The summed E-state index contributed by atoms with van der Waals surface area (Å²) >= 11 is 0. The number of ether oxygens (including phenoxy) is 3. The SMILES string of the molecule is COCCc1ccccc1OCC(O)CNCCOc1ccc(NN)nn1. The largest absolute Gasteiger partial charge is 0.491 e. The van der Waals surface area contributed by atoms with Crippen LogP contribution >= 0.6 is 0 Å². The second-order valence-corrected chi connectivity index (χ2v) is 5.77. The van der Waals surface area contributed by atoms with Crippen molar-refractivity contribution < 1.29 is 19.3 Å². The molecule has 9 nitrogen and oxygen atoms in total. The molecular weight excluding hydrogens is 350 g/mol. The van der Waals surface area contributed by atoms with Gasteiger partial charge in [-0.15, -0.1) is 10.2 Å². The minimum Gasteiger partial charge on any atom is -0.491 e. The minimum atomic E-state index is -0.629. The molecule has 0 radical (unpaired) electrons. The van der Waals surface area contributed by atoms with Crippen LogP contribution in [0.15, 0.2) is 36.4 Å². The van der Waals surface area contributed by atoms with Crippen LogP contribution in [0.3, 0.4) is 0 Å². The predicted molar refractivity (Wildman–Crippen MR) is 102 cm³/mol. The molecule has 1 unspecified atom stereocenters. The van der Waals surface area contributed by atoms with Crippen LogP contribution in [0.4, 0.5) is 5.82 Å². The molecule has 9 heteroatoms. The number of hydrogen-bond acceptors (Lipinski definition) is 9. The summed E-state index contributed by atoms with van der Waals surface area (Å²) in [5.74, 6) is 6.86. The molecule has 0 amide bonds. The zero-order chi connectivity index (χ0) is 19.3. The highest BCUT2D eigenvalue weighted by Crippen LogP contribution is 2.18. The van der Waals surface area contributed by atoms with Gasteiger partial charge in [0.2, 0.25) is 5.88 Å². The van der Waals surface area contributed by atoms with Gasteiger partial charge in [0.1, 0.15) is 25.1 Å². The fourth-order valence-corrected chi connectivity index (χ4v) is 2.28. The van der Waals surface area contributed by atoms with Crippen LogP contribution in [0.5, 0.6) is 11.6 Å². The van der Waals surface area contributed by atoms with Crippen molar-refractivity contribution in [3.63, 3.8) is 0 Å². The lowest BCUT2D eigenvalue weighted by molar-refractivity contribution is 0.104. The van der Waals surface area contributed by atoms with E-state index in [4.69, 9.17) is 20.1 Å². The maximum absolute atomic E-state index is 10.1. The molecule has 0 aliphatic rings. The van der Waals surface area contributed by atoms with Crippen molar-refractivity contribution in [2.24, 2.45) is 5.84 Å². The fourth-order valence-electron chi connectivity index (χ4n) is 2.28. The number of hydrazine groups is 1. The number of benzene rings is 1. The molecule has 0 fully saturated rings. The van der Waals surface area contributed by atoms with Crippen molar-refractivity contribution >= 4 is 5.82 Å². The number of rotatable bonds is 13. The van der Waals surface area contributed by atoms with E-state index in [9.17, 15) is 5.11 Å². The molecule has 0 spiro atoms. The summed E-state index contributed by atoms with van der Waals surface area (Å²) in [6.45, 7) is 2.18. The Morgan fingerprint density at radius 2 is 1.96 bits per heavy atom. The minimum absolute atomic E-state index is 0.205. The Balaban J connectivity index is 1.61. The number of aromatic nitrogens is 2. The molecule has 1 heterocycles. The number of para-hydroxylation sites is 1. The molecule has 1 aromatic carbocycles. The number of nitrogen functional groups attached to an aromatic ring is 1. The van der Waals surface area contributed by atoms with E-state index in [-0.39, 0.29) is 6.61 Å². The van der Waals surface area contributed by atoms with Gasteiger partial charge >= 0.3 is 0 Å². The number of aliphatic hydroxyl groups is 1. The van der Waals surface area contributed by atoms with Crippen molar-refractivity contribution in [2.45, 2.75) is 12.5 Å². The van der Waals surface area contributed by atoms with Gasteiger partial charge in [0, 0.05) is 26.3 Å². The van der Waals surface area contributed by atoms with E-state index in [1.807, 2.05) is 24.3 Å². The number of anilines is 1. The smallest absolute Gasteiger partial charge is 0.233 e. The first kappa shape index (κ1) is 20.8. The van der Waals surface area contributed by atoms with E-state index in [1.165, 1.54) is 0 Å². The normalized spacial score (nSPS) is 11.8. The van der Waals surface area contributed by atoms with E-state index in [0.717, 1.165) is 17.7 Å². The third-order valence-electron chi connectivity index (χ3n) is 3.68. The highest BCUT2D eigenvalue weighted by molar-refractivity contribution is 5.33. The number of aliphatic hydroxyl groups excluding tert-OH is 1. The molecule has 1 aromatic heterocycles. The van der Waals surface area contributed by atoms with Gasteiger partial charge in [-0.3, -0.25) is 0 Å². The van der Waals surface area contributed by atoms with Crippen molar-refractivity contribution in [2.75, 3.05) is 45.4 Å². The molecule has 148 valence electrons. The Labute approximate surface area is 158 Å². The summed E-state index contributed by atoms with van der Waals surface area (Å²) in [5.41, 5.74) is 3.45. The number of nitrogens with one attached hydrogen (secondary N) is 2. The zero-order valence-corrected chi connectivity index (χ0v) is 15.4. The maximum Gasteiger partial charge on any atom is 0.233 e. The first-order chi connectivity index (χ1) is 13.2. The molecule has 0 saturated carbocycles. The van der Waals surface area contributed by atoms with Crippen molar-refractivity contribution in [1.82, 2.24) is 15.5 Å². The Bertz CT molecular complexity index is 656. The average molecular weight is 377 g/mol. The van der Waals surface area contributed by atoms with Crippen LogP contribution in [0.1, 0.15) is 5.56 Å². The van der Waals surface area contributed by atoms with Crippen molar-refractivity contribution in [1.29, 1.82) is 0 Å². The lowest BCUT2D eigenvalue weighted by Gasteiger charge is -2.15. The lowest BCUT2D eigenvalue weighted by Crippen LogP contribution is -2.33. The third-order valence-corrected chi connectivity index (χ3v) is 3.68. The maximum atomic E-state index is 10.1. The zero-order valence-electron chi connectivity index (χ0n) is 15.4. The van der Waals surface area contributed by atoms with Gasteiger partial charge in [-0.25, -0.2) is 5.84 Å². The highest BCUT2D eigenvalue weighted by atomic mass is 16.5. The average Bonchev–Trinajstić information content (AvgIpc) is 2.71. The summed E-state index contributed by atoms with van der Waals surface area (Å²) in [4.78, 5) is 0. The van der Waals surface area contributed by atoms with Crippen LogP contribution in [0.2, 0.25) is 0 Å². The topological polar surface area (TPSA) is 124 Å². The van der Waals surface area contributed by atoms with Crippen LogP contribution < -0.4 is 26.1 Å². The van der Waals surface area contributed by atoms with Crippen LogP contribution in [-0.2, 0) is 11.2 Å². The van der Waals surface area contributed by atoms with Crippen LogP contribution in [-0.4, -0.2) is 61.4 Å². The summed E-state index contributed by atoms with van der Waals surface area (Å²) in [5, 5.41) is 20.8. The van der Waals surface area contributed by atoms with Gasteiger partial charge in [0.25, 0.3) is 0 Å².